The molecule has 0 fully saturated rings. The fraction of sp³-hybridized carbons (Fsp3) is 0.667. The van der Waals surface area contributed by atoms with Crippen LogP contribution in [0.25, 0.3) is 0 Å². The normalized spacial score (nSPS) is 17.3. The Morgan fingerprint density at radius 1 is 1.00 bits per heavy atom. The average molecular weight is 357 g/mol. The van der Waals surface area contributed by atoms with Crippen molar-refractivity contribution in [2.24, 2.45) is 0 Å². The molecule has 0 spiro atoms. The second-order valence-electron chi connectivity index (χ2n) is 8.55. The van der Waals surface area contributed by atoms with Crippen LogP contribution < -0.4 is 0 Å². The van der Waals surface area contributed by atoms with Gasteiger partial charge in [-0.15, -0.1) is 9.42 Å². The van der Waals surface area contributed by atoms with E-state index in [1.54, 1.807) is 26.0 Å². The third-order valence-corrected chi connectivity index (χ3v) is 4.85. The minimum Gasteiger partial charge on any atom is -0.507 e. The average Bonchev–Trinajstić information content (AvgIpc) is 2.34. The summed E-state index contributed by atoms with van der Waals surface area (Å²) in [4.78, 5) is 8.98. The molecule has 0 heterocycles. The van der Waals surface area contributed by atoms with Gasteiger partial charge in [-0.25, -0.2) is 0 Å². The van der Waals surface area contributed by atoms with Crippen molar-refractivity contribution < 1.29 is 24.2 Å². The van der Waals surface area contributed by atoms with E-state index in [4.69, 9.17) is 9.42 Å². The largest absolute Gasteiger partial charge is 0.695 e. The molecule has 0 aromatic heterocycles. The van der Waals surface area contributed by atoms with E-state index in [1.807, 2.05) is 41.5 Å². The first-order valence-electron chi connectivity index (χ1n) is 8.02. The van der Waals surface area contributed by atoms with Crippen LogP contribution >= 0.6 is 8.25 Å². The molecular weight excluding hydrogens is 327 g/mol. The molecule has 1 aromatic carbocycles. The molecule has 0 aliphatic carbocycles. The predicted molar refractivity (Wildman–Crippen MR) is 95.4 cm³/mol. The second kappa shape index (κ2) is 6.72. The zero-order chi connectivity index (χ0) is 19.1. The number of rotatable bonds is 4. The van der Waals surface area contributed by atoms with E-state index in [2.05, 4.69) is 0 Å². The van der Waals surface area contributed by atoms with Crippen LogP contribution in [0, 0.1) is 0 Å². The zero-order valence-corrected chi connectivity index (χ0v) is 16.7. The molecule has 3 N–H and O–H groups in total. The molecule has 0 radical (unpaired) electrons. The van der Waals surface area contributed by atoms with Gasteiger partial charge in [-0.05, 0) is 53.5 Å². The van der Waals surface area contributed by atoms with E-state index in [-0.39, 0.29) is 16.6 Å². The maximum atomic E-state index is 11.0. The SMILES string of the molecule is CC(O[P+](=O)O)C(C)(O)c1cc(C(C)(C)C)c(O)c(C(C)(C)C)c1. The van der Waals surface area contributed by atoms with Crippen molar-refractivity contribution in [2.75, 3.05) is 0 Å². The Morgan fingerprint density at radius 3 is 1.67 bits per heavy atom. The molecule has 0 amide bonds. The third kappa shape index (κ3) is 4.54. The number of phenols is 1. The van der Waals surface area contributed by atoms with Crippen LogP contribution in [0.3, 0.4) is 0 Å². The van der Waals surface area contributed by atoms with Crippen molar-refractivity contribution in [2.45, 2.75) is 77.9 Å². The molecule has 3 atom stereocenters. The smallest absolute Gasteiger partial charge is 0.507 e. The predicted octanol–water partition coefficient (Wildman–Crippen LogP) is 4.25. The number of aromatic hydroxyl groups is 1. The molecule has 0 bridgehead atoms. The van der Waals surface area contributed by atoms with Crippen LogP contribution in [-0.4, -0.2) is 21.2 Å². The number of phenolic OH excluding ortho intramolecular Hbond substituents is 1. The van der Waals surface area contributed by atoms with Gasteiger partial charge in [0.05, 0.1) is 0 Å². The molecule has 6 heteroatoms. The van der Waals surface area contributed by atoms with Gasteiger partial charge in [-0.1, -0.05) is 41.5 Å². The summed E-state index contributed by atoms with van der Waals surface area (Å²) in [5, 5.41) is 21.7. The van der Waals surface area contributed by atoms with Gasteiger partial charge in [0.1, 0.15) is 17.5 Å². The summed E-state index contributed by atoms with van der Waals surface area (Å²) in [6, 6.07) is 3.49. The van der Waals surface area contributed by atoms with E-state index < -0.39 is 20.0 Å². The van der Waals surface area contributed by atoms with Gasteiger partial charge in [0.25, 0.3) is 0 Å². The van der Waals surface area contributed by atoms with Crippen molar-refractivity contribution >= 4 is 8.25 Å². The van der Waals surface area contributed by atoms with Gasteiger partial charge < -0.3 is 10.2 Å². The van der Waals surface area contributed by atoms with Crippen LogP contribution in [0.15, 0.2) is 12.1 Å². The fourth-order valence-electron chi connectivity index (χ4n) is 2.54. The highest BCUT2D eigenvalue weighted by molar-refractivity contribution is 7.32. The Morgan fingerprint density at radius 2 is 1.38 bits per heavy atom. The van der Waals surface area contributed by atoms with E-state index in [0.29, 0.717) is 16.7 Å². The summed E-state index contributed by atoms with van der Waals surface area (Å²) in [7, 11) is -2.82. The Labute approximate surface area is 145 Å². The molecule has 0 saturated carbocycles. The number of aliphatic hydroxyl groups is 1. The molecule has 136 valence electrons. The minimum absolute atomic E-state index is 0.219. The number of hydrogen-bond donors (Lipinski definition) is 3. The van der Waals surface area contributed by atoms with Gasteiger partial charge in [-0.2, -0.15) is 0 Å². The molecule has 24 heavy (non-hydrogen) atoms. The van der Waals surface area contributed by atoms with E-state index in [0.717, 1.165) is 0 Å². The topological polar surface area (TPSA) is 87.0 Å². The molecule has 0 aliphatic heterocycles. The lowest BCUT2D eigenvalue weighted by Gasteiger charge is -2.33. The maximum absolute atomic E-state index is 11.0. The molecule has 3 unspecified atom stereocenters. The van der Waals surface area contributed by atoms with Crippen molar-refractivity contribution in [3.63, 3.8) is 0 Å². The summed E-state index contributed by atoms with van der Waals surface area (Å²) >= 11 is 0. The van der Waals surface area contributed by atoms with Gasteiger partial charge >= 0.3 is 8.25 Å². The standard InChI is InChI=1S/C18H29O5P/c1-11(23-24(21)22)18(8,20)12-9-13(16(2,3)4)15(19)14(10-12)17(5,6)7/h9-11,20H,1-8H3,(H-,19,21,22)/p+1. The summed E-state index contributed by atoms with van der Waals surface area (Å²) in [5.41, 5.74) is -0.178. The lowest BCUT2D eigenvalue weighted by Crippen LogP contribution is -2.36. The van der Waals surface area contributed by atoms with Crippen LogP contribution in [0.5, 0.6) is 5.75 Å². The van der Waals surface area contributed by atoms with Crippen molar-refractivity contribution in [3.05, 3.63) is 28.8 Å². The first kappa shape index (κ1) is 21.0. The van der Waals surface area contributed by atoms with Crippen LogP contribution in [0.2, 0.25) is 0 Å². The third-order valence-electron chi connectivity index (χ3n) is 4.35. The van der Waals surface area contributed by atoms with Gasteiger partial charge in [-0.3, -0.25) is 0 Å². The molecule has 5 nitrogen and oxygen atoms in total. The molecule has 1 rings (SSSR count). The van der Waals surface area contributed by atoms with Crippen molar-refractivity contribution in [1.29, 1.82) is 0 Å². The quantitative estimate of drug-likeness (QED) is 0.701. The van der Waals surface area contributed by atoms with Gasteiger partial charge in [0.15, 0.2) is 0 Å². The van der Waals surface area contributed by atoms with Crippen LogP contribution in [0.1, 0.15) is 72.1 Å². The molecular formula is C18H30O5P+. The second-order valence-corrected chi connectivity index (χ2v) is 9.24. The summed E-state index contributed by atoms with van der Waals surface area (Å²) in [6.07, 6.45) is -0.892. The van der Waals surface area contributed by atoms with Crippen LogP contribution in [-0.2, 0) is 25.5 Å². The highest BCUT2D eigenvalue weighted by atomic mass is 31.1. The Kier molecular flexibility index (Phi) is 5.89. The fourth-order valence-corrected chi connectivity index (χ4v) is 3.02. The summed E-state index contributed by atoms with van der Waals surface area (Å²) < 4.78 is 15.9. The Balaban J connectivity index is 3.62. The minimum atomic E-state index is -2.82. The molecule has 1 aromatic rings. The lowest BCUT2D eigenvalue weighted by molar-refractivity contribution is -0.0450. The Bertz CT molecular complexity index is 588. The highest BCUT2D eigenvalue weighted by Crippen LogP contribution is 2.43. The molecule has 0 aliphatic rings. The highest BCUT2D eigenvalue weighted by Gasteiger charge is 2.39. The van der Waals surface area contributed by atoms with Crippen molar-refractivity contribution in [3.8, 4) is 5.75 Å². The Hall–Kier alpha value is -1.00. The monoisotopic (exact) mass is 357 g/mol. The lowest BCUT2D eigenvalue weighted by atomic mass is 9.76. The van der Waals surface area contributed by atoms with Gasteiger partial charge in [0, 0.05) is 4.57 Å². The first-order chi connectivity index (χ1) is 10.6. The van der Waals surface area contributed by atoms with Crippen molar-refractivity contribution in [1.82, 2.24) is 0 Å². The number of benzene rings is 1. The summed E-state index contributed by atoms with van der Waals surface area (Å²) in [5.74, 6) is 0.219. The maximum Gasteiger partial charge on any atom is 0.695 e. The van der Waals surface area contributed by atoms with E-state index in [9.17, 15) is 14.8 Å². The van der Waals surface area contributed by atoms with E-state index >= 15 is 0 Å². The first-order valence-corrected chi connectivity index (χ1v) is 9.15. The summed E-state index contributed by atoms with van der Waals surface area (Å²) in [6.45, 7) is 15.0. The molecule has 0 saturated heterocycles. The van der Waals surface area contributed by atoms with E-state index in [1.165, 1.54) is 0 Å². The zero-order valence-electron chi connectivity index (χ0n) is 15.8. The number of hydrogen-bond acceptors (Lipinski definition) is 4. The van der Waals surface area contributed by atoms with Crippen LogP contribution in [0.4, 0.5) is 0 Å². The van der Waals surface area contributed by atoms with Gasteiger partial charge in [0.2, 0.25) is 0 Å².